The van der Waals surface area contributed by atoms with E-state index in [1.165, 1.54) is 0 Å². The number of ketones is 1. The summed E-state index contributed by atoms with van der Waals surface area (Å²) in [7, 11) is 1.95. The summed E-state index contributed by atoms with van der Waals surface area (Å²) in [4.78, 5) is 28.6. The normalized spacial score (nSPS) is 15.9. The van der Waals surface area contributed by atoms with E-state index in [9.17, 15) is 14.7 Å². The SMILES string of the molecule is CCc1ccc(N2C(=O)C(O)=C(C(=O)CCc3ccccc3)C2c2cn(C)c3ccccc23)cc1. The van der Waals surface area contributed by atoms with E-state index in [0.717, 1.165) is 34.0 Å². The fourth-order valence-corrected chi connectivity index (χ4v) is 4.97. The summed E-state index contributed by atoms with van der Waals surface area (Å²) in [6.45, 7) is 2.08. The number of Topliss-reactive ketones (excluding diaryl/α,β-unsaturated/α-hetero) is 1. The van der Waals surface area contributed by atoms with Crippen LogP contribution in [-0.4, -0.2) is 21.4 Å². The quantitative estimate of drug-likeness (QED) is 0.374. The van der Waals surface area contributed by atoms with Gasteiger partial charge >= 0.3 is 0 Å². The van der Waals surface area contributed by atoms with Gasteiger partial charge in [-0.25, -0.2) is 0 Å². The number of anilines is 1. The van der Waals surface area contributed by atoms with E-state index in [0.29, 0.717) is 12.1 Å². The largest absolute Gasteiger partial charge is 0.503 e. The molecule has 35 heavy (non-hydrogen) atoms. The van der Waals surface area contributed by atoms with E-state index in [4.69, 9.17) is 0 Å². The molecule has 0 aliphatic carbocycles. The van der Waals surface area contributed by atoms with Gasteiger partial charge in [-0.1, -0.05) is 67.6 Å². The van der Waals surface area contributed by atoms with Crippen molar-refractivity contribution in [2.75, 3.05) is 4.90 Å². The van der Waals surface area contributed by atoms with Crippen molar-refractivity contribution in [3.8, 4) is 0 Å². The summed E-state index contributed by atoms with van der Waals surface area (Å²) in [6, 6.07) is 24.7. The number of rotatable bonds is 7. The zero-order valence-electron chi connectivity index (χ0n) is 19.9. The number of amides is 1. The molecule has 1 atom stereocenters. The molecule has 1 aliphatic rings. The molecular weight excluding hydrogens is 436 g/mol. The molecule has 2 heterocycles. The molecule has 0 fully saturated rings. The first-order valence-corrected chi connectivity index (χ1v) is 12.0. The zero-order chi connectivity index (χ0) is 24.5. The van der Waals surface area contributed by atoms with Crippen LogP contribution in [0.4, 0.5) is 5.69 Å². The van der Waals surface area contributed by atoms with Crippen LogP contribution in [0.1, 0.15) is 36.1 Å². The van der Waals surface area contributed by atoms with Crippen LogP contribution < -0.4 is 4.90 Å². The number of hydrogen-bond donors (Lipinski definition) is 1. The molecule has 0 radical (unpaired) electrons. The Labute approximate surface area is 204 Å². The second-order valence-corrected chi connectivity index (χ2v) is 8.98. The molecule has 3 aromatic carbocycles. The Morgan fingerprint density at radius 1 is 0.914 bits per heavy atom. The number of carbonyl (C=O) groups is 2. The summed E-state index contributed by atoms with van der Waals surface area (Å²) >= 11 is 0. The lowest BCUT2D eigenvalue weighted by Gasteiger charge is -2.26. The van der Waals surface area contributed by atoms with Crippen molar-refractivity contribution in [1.82, 2.24) is 4.57 Å². The molecule has 1 unspecified atom stereocenters. The number of nitrogens with zero attached hydrogens (tertiary/aromatic N) is 2. The van der Waals surface area contributed by atoms with Gasteiger partial charge in [-0.3, -0.25) is 14.5 Å². The standard InChI is InChI=1S/C30H28N2O3/c1-3-20-13-16-22(17-14-20)32-28(24-19-31(2)25-12-8-7-11-23(24)25)27(29(34)30(32)35)26(33)18-15-21-9-5-4-6-10-21/h4-14,16-17,19,28,34H,3,15,18H2,1-2H3. The summed E-state index contributed by atoms with van der Waals surface area (Å²) < 4.78 is 1.99. The number of hydrogen-bond acceptors (Lipinski definition) is 3. The van der Waals surface area contributed by atoms with E-state index in [-0.39, 0.29) is 17.8 Å². The van der Waals surface area contributed by atoms with Crippen molar-refractivity contribution in [3.63, 3.8) is 0 Å². The molecular formula is C30H28N2O3. The Bertz CT molecular complexity index is 1430. The van der Waals surface area contributed by atoms with Gasteiger partial charge in [0.1, 0.15) is 0 Å². The average Bonchev–Trinajstić information content (AvgIpc) is 3.36. The number of carbonyl (C=O) groups excluding carboxylic acids is 2. The van der Waals surface area contributed by atoms with Crippen LogP contribution in [0.5, 0.6) is 0 Å². The van der Waals surface area contributed by atoms with E-state index < -0.39 is 17.7 Å². The topological polar surface area (TPSA) is 62.5 Å². The van der Waals surface area contributed by atoms with E-state index >= 15 is 0 Å². The number of aliphatic hydroxyl groups excluding tert-OH is 1. The highest BCUT2D eigenvalue weighted by Gasteiger charge is 2.45. The minimum absolute atomic E-state index is 0.168. The van der Waals surface area contributed by atoms with Crippen LogP contribution in [0.3, 0.4) is 0 Å². The summed E-state index contributed by atoms with van der Waals surface area (Å²) in [5.74, 6) is -1.22. The van der Waals surface area contributed by atoms with Crippen LogP contribution >= 0.6 is 0 Å². The summed E-state index contributed by atoms with van der Waals surface area (Å²) in [5.41, 5.74) is 4.84. The first-order chi connectivity index (χ1) is 17.0. The monoisotopic (exact) mass is 464 g/mol. The van der Waals surface area contributed by atoms with Crippen LogP contribution in [0.2, 0.25) is 0 Å². The number of benzene rings is 3. The minimum atomic E-state index is -0.704. The van der Waals surface area contributed by atoms with Crippen LogP contribution in [0.15, 0.2) is 96.4 Å². The van der Waals surface area contributed by atoms with Crippen molar-refractivity contribution in [2.24, 2.45) is 7.05 Å². The van der Waals surface area contributed by atoms with Gasteiger partial charge in [-0.05, 0) is 42.2 Å². The highest BCUT2D eigenvalue weighted by atomic mass is 16.3. The molecule has 176 valence electrons. The third-order valence-corrected chi connectivity index (χ3v) is 6.84. The summed E-state index contributed by atoms with van der Waals surface area (Å²) in [5, 5.41) is 12.0. The van der Waals surface area contributed by atoms with Gasteiger partial charge < -0.3 is 9.67 Å². The van der Waals surface area contributed by atoms with Crippen LogP contribution in [0, 0.1) is 0 Å². The molecule has 0 saturated carbocycles. The van der Waals surface area contributed by atoms with E-state index in [1.807, 2.05) is 96.7 Å². The van der Waals surface area contributed by atoms with Crippen molar-refractivity contribution in [1.29, 1.82) is 0 Å². The fourth-order valence-electron chi connectivity index (χ4n) is 4.97. The molecule has 5 nitrogen and oxygen atoms in total. The number of aliphatic hydroxyl groups is 1. The maximum Gasteiger partial charge on any atom is 0.294 e. The third kappa shape index (κ3) is 4.03. The number of aromatic nitrogens is 1. The predicted octanol–water partition coefficient (Wildman–Crippen LogP) is 5.84. The maximum atomic E-state index is 13.6. The zero-order valence-corrected chi connectivity index (χ0v) is 19.9. The second-order valence-electron chi connectivity index (χ2n) is 8.98. The first kappa shape index (κ1) is 22.7. The smallest absolute Gasteiger partial charge is 0.294 e. The molecule has 0 saturated heterocycles. The molecule has 1 amide bonds. The van der Waals surface area contributed by atoms with Gasteiger partial charge in [0.2, 0.25) is 0 Å². The molecule has 0 spiro atoms. The van der Waals surface area contributed by atoms with Gasteiger partial charge in [0, 0.05) is 41.8 Å². The third-order valence-electron chi connectivity index (χ3n) is 6.84. The molecule has 0 bridgehead atoms. The van der Waals surface area contributed by atoms with E-state index in [1.54, 1.807) is 4.90 Å². The predicted molar refractivity (Wildman–Crippen MR) is 138 cm³/mol. The van der Waals surface area contributed by atoms with Crippen LogP contribution in [-0.2, 0) is 29.5 Å². The Hall–Kier alpha value is -4.12. The lowest BCUT2D eigenvalue weighted by atomic mass is 9.92. The lowest BCUT2D eigenvalue weighted by molar-refractivity contribution is -0.118. The molecule has 5 rings (SSSR count). The molecule has 1 N–H and O–H groups in total. The molecule has 1 aromatic heterocycles. The van der Waals surface area contributed by atoms with Gasteiger partial charge in [0.15, 0.2) is 11.5 Å². The van der Waals surface area contributed by atoms with Crippen molar-refractivity contribution < 1.29 is 14.7 Å². The number of fused-ring (bicyclic) bond motifs is 1. The maximum absolute atomic E-state index is 13.6. The minimum Gasteiger partial charge on any atom is -0.503 e. The first-order valence-electron chi connectivity index (χ1n) is 12.0. The lowest BCUT2D eigenvalue weighted by Crippen LogP contribution is -2.31. The second kappa shape index (κ2) is 9.26. The highest BCUT2D eigenvalue weighted by molar-refractivity contribution is 6.17. The molecule has 4 aromatic rings. The Balaban J connectivity index is 1.60. The Morgan fingerprint density at radius 2 is 1.60 bits per heavy atom. The average molecular weight is 465 g/mol. The number of para-hydroxylation sites is 1. The van der Waals surface area contributed by atoms with Crippen molar-refractivity contribution in [3.05, 3.63) is 113 Å². The summed E-state index contributed by atoms with van der Waals surface area (Å²) in [6.07, 6.45) is 3.59. The van der Waals surface area contributed by atoms with Crippen molar-refractivity contribution in [2.45, 2.75) is 32.2 Å². The van der Waals surface area contributed by atoms with Gasteiger partial charge in [0.05, 0.1) is 11.6 Å². The van der Waals surface area contributed by atoms with Gasteiger partial charge in [0.25, 0.3) is 5.91 Å². The van der Waals surface area contributed by atoms with Crippen molar-refractivity contribution >= 4 is 28.3 Å². The number of aryl methyl sites for hydroxylation is 3. The highest BCUT2D eigenvalue weighted by Crippen LogP contribution is 2.44. The molecule has 1 aliphatic heterocycles. The van der Waals surface area contributed by atoms with Gasteiger partial charge in [-0.15, -0.1) is 0 Å². The Morgan fingerprint density at radius 3 is 2.31 bits per heavy atom. The Kier molecular flexibility index (Phi) is 6.00. The van der Waals surface area contributed by atoms with Crippen LogP contribution in [0.25, 0.3) is 10.9 Å². The fraction of sp³-hybridized carbons (Fsp3) is 0.200. The molecule has 5 heteroatoms. The van der Waals surface area contributed by atoms with E-state index in [2.05, 4.69) is 6.92 Å². The van der Waals surface area contributed by atoms with Gasteiger partial charge in [-0.2, -0.15) is 0 Å².